The van der Waals surface area contributed by atoms with Crippen molar-refractivity contribution < 1.29 is 24.5 Å². The summed E-state index contributed by atoms with van der Waals surface area (Å²) in [6.07, 6.45) is -3.38. The highest BCUT2D eigenvalue weighted by Gasteiger charge is 2.44. The standard InChI is InChI=1S/C16H29N3O6Si/c1-16(2,3)26(4,5)24-8-9-6-19(15(23)18-13(9)17)14-12(22)11(21)10(7-20)25-14/h6,10-12,14,20-22H,7-8H2,1-5H3,(H2,17,18,23)/t10-,11?,12+,14-/m1/s1. The molecule has 2 heterocycles. The van der Waals surface area contributed by atoms with E-state index in [1.807, 2.05) is 0 Å². The van der Waals surface area contributed by atoms with Crippen LogP contribution in [0.4, 0.5) is 5.82 Å². The van der Waals surface area contributed by atoms with Gasteiger partial charge >= 0.3 is 5.69 Å². The first-order valence-electron chi connectivity index (χ1n) is 8.53. The lowest BCUT2D eigenvalue weighted by molar-refractivity contribution is -0.0551. The Morgan fingerprint density at radius 3 is 2.46 bits per heavy atom. The average molecular weight is 388 g/mol. The summed E-state index contributed by atoms with van der Waals surface area (Å²) in [5.74, 6) is 0.0525. The molecule has 2 rings (SSSR count). The monoisotopic (exact) mass is 387 g/mol. The second-order valence-corrected chi connectivity index (χ2v) is 12.9. The number of hydrogen-bond acceptors (Lipinski definition) is 8. The Morgan fingerprint density at radius 2 is 1.96 bits per heavy atom. The zero-order valence-electron chi connectivity index (χ0n) is 15.8. The molecule has 0 radical (unpaired) electrons. The second kappa shape index (κ2) is 7.37. The van der Waals surface area contributed by atoms with Crippen molar-refractivity contribution >= 4 is 14.1 Å². The largest absolute Gasteiger partial charge is 0.412 e. The number of nitrogen functional groups attached to an aromatic ring is 1. The lowest BCUT2D eigenvalue weighted by Crippen LogP contribution is -2.41. The van der Waals surface area contributed by atoms with Crippen molar-refractivity contribution in [2.45, 2.75) is 70.1 Å². The van der Waals surface area contributed by atoms with Crippen molar-refractivity contribution in [1.82, 2.24) is 9.55 Å². The molecule has 10 heteroatoms. The maximum atomic E-state index is 12.2. The molecule has 148 valence electrons. The Kier molecular flexibility index (Phi) is 5.95. The number of nitrogens with two attached hydrogens (primary N) is 1. The lowest BCUT2D eigenvalue weighted by atomic mass is 10.1. The van der Waals surface area contributed by atoms with E-state index in [4.69, 9.17) is 14.9 Å². The Balaban J connectivity index is 2.29. The first-order chi connectivity index (χ1) is 11.9. The van der Waals surface area contributed by atoms with Crippen molar-refractivity contribution in [3.8, 4) is 0 Å². The van der Waals surface area contributed by atoms with Gasteiger partial charge in [0.05, 0.1) is 13.2 Å². The third kappa shape index (κ3) is 4.00. The lowest BCUT2D eigenvalue weighted by Gasteiger charge is -2.36. The molecular formula is C16H29N3O6Si. The predicted molar refractivity (Wildman–Crippen MR) is 97.9 cm³/mol. The van der Waals surface area contributed by atoms with Crippen LogP contribution in [0.3, 0.4) is 0 Å². The van der Waals surface area contributed by atoms with Crippen molar-refractivity contribution in [3.63, 3.8) is 0 Å². The SMILES string of the molecule is CC(C)(C)[Si](C)(C)OCc1cn([C@@H]2O[C@H](CO)C(O)[C@@H]2O)c(=O)nc1N. The highest BCUT2D eigenvalue weighted by Crippen LogP contribution is 2.37. The predicted octanol–water partition coefficient (Wildman–Crippen LogP) is -0.0412. The minimum Gasteiger partial charge on any atom is -0.412 e. The Hall–Kier alpha value is -1.30. The average Bonchev–Trinajstić information content (AvgIpc) is 2.81. The topological polar surface area (TPSA) is 140 Å². The van der Waals surface area contributed by atoms with Crippen molar-refractivity contribution in [3.05, 3.63) is 22.2 Å². The summed E-state index contributed by atoms with van der Waals surface area (Å²) >= 11 is 0. The molecule has 9 nitrogen and oxygen atoms in total. The fourth-order valence-electron chi connectivity index (χ4n) is 2.40. The molecule has 26 heavy (non-hydrogen) atoms. The minimum atomic E-state index is -2.04. The van der Waals surface area contributed by atoms with Gasteiger partial charge in [0.2, 0.25) is 0 Å². The van der Waals surface area contributed by atoms with Crippen molar-refractivity contribution in [1.29, 1.82) is 0 Å². The van der Waals surface area contributed by atoms with Crippen LogP contribution in [0.25, 0.3) is 0 Å². The van der Waals surface area contributed by atoms with Gasteiger partial charge in [-0.05, 0) is 18.1 Å². The molecule has 1 aliphatic rings. The first kappa shape index (κ1) is 21.0. The molecule has 1 unspecified atom stereocenters. The van der Waals surface area contributed by atoms with E-state index in [1.54, 1.807) is 0 Å². The highest BCUT2D eigenvalue weighted by molar-refractivity contribution is 6.74. The van der Waals surface area contributed by atoms with Gasteiger partial charge in [-0.2, -0.15) is 4.98 Å². The molecule has 1 aromatic rings. The molecule has 0 aliphatic carbocycles. The second-order valence-electron chi connectivity index (χ2n) is 8.12. The molecule has 5 N–H and O–H groups in total. The number of anilines is 1. The van der Waals surface area contributed by atoms with E-state index in [2.05, 4.69) is 38.8 Å². The summed E-state index contributed by atoms with van der Waals surface area (Å²) in [6, 6.07) is 0. The number of hydrogen-bond donors (Lipinski definition) is 4. The summed E-state index contributed by atoms with van der Waals surface area (Å²) in [5, 5.41) is 29.2. The Bertz CT molecular complexity index is 702. The van der Waals surface area contributed by atoms with Gasteiger partial charge in [-0.1, -0.05) is 20.8 Å². The molecule has 4 atom stereocenters. The van der Waals surface area contributed by atoms with Gasteiger partial charge in [0.15, 0.2) is 14.5 Å². The van der Waals surface area contributed by atoms with Crippen LogP contribution in [-0.2, 0) is 15.8 Å². The molecule has 0 amide bonds. The van der Waals surface area contributed by atoms with Crippen LogP contribution in [0.5, 0.6) is 0 Å². The van der Waals surface area contributed by atoms with Gasteiger partial charge in [-0.15, -0.1) is 0 Å². The number of rotatable bonds is 5. The van der Waals surface area contributed by atoms with Crippen LogP contribution in [0, 0.1) is 0 Å². The summed E-state index contributed by atoms with van der Waals surface area (Å²) in [7, 11) is -2.04. The molecule has 1 aromatic heterocycles. The molecule has 1 aliphatic heterocycles. The molecule has 0 saturated carbocycles. The fourth-order valence-corrected chi connectivity index (χ4v) is 3.35. The maximum Gasteiger partial charge on any atom is 0.351 e. The highest BCUT2D eigenvalue weighted by atomic mass is 28.4. The normalized spacial score (nSPS) is 27.1. The van der Waals surface area contributed by atoms with Crippen LogP contribution in [0.2, 0.25) is 18.1 Å². The van der Waals surface area contributed by atoms with Crippen LogP contribution in [0.1, 0.15) is 32.6 Å². The third-order valence-corrected chi connectivity index (χ3v) is 9.73. The summed E-state index contributed by atoms with van der Waals surface area (Å²) in [5.41, 5.74) is 5.64. The van der Waals surface area contributed by atoms with Gasteiger partial charge in [0, 0.05) is 11.8 Å². The number of ether oxygens (including phenoxy) is 1. The smallest absolute Gasteiger partial charge is 0.351 e. The summed E-state index contributed by atoms with van der Waals surface area (Å²) in [6.45, 7) is 10.2. The van der Waals surface area contributed by atoms with E-state index in [9.17, 15) is 20.1 Å². The molecule has 0 aromatic carbocycles. The quantitative estimate of drug-likeness (QED) is 0.516. The molecule has 1 saturated heterocycles. The molecular weight excluding hydrogens is 358 g/mol. The van der Waals surface area contributed by atoms with Crippen molar-refractivity contribution in [2.24, 2.45) is 0 Å². The van der Waals surface area contributed by atoms with Crippen LogP contribution in [0.15, 0.2) is 11.0 Å². The fraction of sp³-hybridized carbons (Fsp3) is 0.750. The van der Waals surface area contributed by atoms with Crippen LogP contribution in [-0.4, -0.2) is 58.1 Å². The van der Waals surface area contributed by atoms with E-state index < -0.39 is 45.2 Å². The Labute approximate surface area is 153 Å². The van der Waals surface area contributed by atoms with E-state index in [0.717, 1.165) is 4.57 Å². The van der Waals surface area contributed by atoms with E-state index in [1.165, 1.54) is 6.20 Å². The van der Waals surface area contributed by atoms with Gasteiger partial charge < -0.3 is 30.2 Å². The number of aromatic nitrogens is 2. The number of aliphatic hydroxyl groups excluding tert-OH is 3. The Morgan fingerprint density at radius 1 is 1.35 bits per heavy atom. The maximum absolute atomic E-state index is 12.2. The van der Waals surface area contributed by atoms with Crippen LogP contribution >= 0.6 is 0 Å². The molecule has 0 spiro atoms. The van der Waals surface area contributed by atoms with Gasteiger partial charge in [-0.3, -0.25) is 4.57 Å². The summed E-state index contributed by atoms with van der Waals surface area (Å²) in [4.78, 5) is 16.0. The van der Waals surface area contributed by atoms with E-state index in [0.29, 0.717) is 5.56 Å². The third-order valence-electron chi connectivity index (χ3n) is 5.25. The van der Waals surface area contributed by atoms with E-state index in [-0.39, 0.29) is 17.5 Å². The number of aliphatic hydroxyl groups is 3. The zero-order chi connectivity index (χ0) is 19.9. The minimum absolute atomic E-state index is 0.00680. The number of nitrogens with zero attached hydrogens (tertiary/aromatic N) is 2. The van der Waals surface area contributed by atoms with Crippen LogP contribution < -0.4 is 11.4 Å². The molecule has 0 bridgehead atoms. The van der Waals surface area contributed by atoms with E-state index >= 15 is 0 Å². The molecule has 1 fully saturated rings. The van der Waals surface area contributed by atoms with Gasteiger partial charge in [0.25, 0.3) is 0 Å². The zero-order valence-corrected chi connectivity index (χ0v) is 16.8. The van der Waals surface area contributed by atoms with Gasteiger partial charge in [0.1, 0.15) is 24.1 Å². The van der Waals surface area contributed by atoms with Crippen molar-refractivity contribution in [2.75, 3.05) is 12.3 Å². The first-order valence-corrected chi connectivity index (χ1v) is 11.4. The summed E-state index contributed by atoms with van der Waals surface area (Å²) < 4.78 is 12.6. The van der Waals surface area contributed by atoms with Gasteiger partial charge in [-0.25, -0.2) is 4.79 Å².